The average Bonchev–Trinajstić information content (AvgIpc) is 3.43. The Morgan fingerprint density at radius 1 is 1.11 bits per heavy atom. The van der Waals surface area contributed by atoms with Crippen LogP contribution in [0.15, 0.2) is 48.7 Å². The predicted molar refractivity (Wildman–Crippen MR) is 134 cm³/mol. The fourth-order valence-corrected chi connectivity index (χ4v) is 9.12. The maximum Gasteiger partial charge on any atom is 0.402 e. The fourth-order valence-electron chi connectivity index (χ4n) is 6.17. The number of hydrogen-bond donors (Lipinski definition) is 1. The summed E-state index contributed by atoms with van der Waals surface area (Å²) < 4.78 is 68.0. The van der Waals surface area contributed by atoms with Crippen LogP contribution in [0.2, 0.25) is 5.02 Å². The molecule has 3 aromatic rings. The molecule has 0 radical (unpaired) electrons. The van der Waals surface area contributed by atoms with E-state index < -0.39 is 28.5 Å². The Bertz CT molecular complexity index is 1440. The second-order valence-electron chi connectivity index (χ2n) is 9.90. The zero-order chi connectivity index (χ0) is 25.3. The van der Waals surface area contributed by atoms with Gasteiger partial charge in [-0.25, -0.2) is 4.98 Å². The second-order valence-corrected chi connectivity index (χ2v) is 13.0. The number of hydrogen-bond acceptors (Lipinski definition) is 4. The quantitative estimate of drug-likeness (QED) is 0.452. The minimum atomic E-state index is -4.58. The van der Waals surface area contributed by atoms with Gasteiger partial charge in [0.15, 0.2) is 0 Å². The Labute approximate surface area is 216 Å². The molecule has 1 saturated carbocycles. The summed E-state index contributed by atoms with van der Waals surface area (Å²) in [6.07, 6.45) is 0.0550. The first-order chi connectivity index (χ1) is 17.0. The minimum Gasteiger partial charge on any atom is -0.244 e. The van der Waals surface area contributed by atoms with Gasteiger partial charge in [-0.3, -0.25) is 0 Å². The Hall–Kier alpha value is -1.98. The van der Waals surface area contributed by atoms with Crippen LogP contribution in [0.25, 0.3) is 21.0 Å². The van der Waals surface area contributed by atoms with Crippen molar-refractivity contribution in [3.05, 3.63) is 64.8 Å². The number of aromatic nitrogens is 1. The van der Waals surface area contributed by atoms with Gasteiger partial charge in [0, 0.05) is 28.9 Å². The molecule has 3 aliphatic rings. The smallest absolute Gasteiger partial charge is 0.244 e. The van der Waals surface area contributed by atoms with Crippen LogP contribution < -0.4 is 4.72 Å². The highest BCUT2D eigenvalue weighted by molar-refractivity contribution is 7.87. The fraction of sp³-hybridized carbons (Fsp3) is 0.400. The van der Waals surface area contributed by atoms with Crippen molar-refractivity contribution in [2.45, 2.75) is 37.4 Å². The zero-order valence-electron chi connectivity index (χ0n) is 19.1. The van der Waals surface area contributed by atoms with Crippen molar-refractivity contribution < 1.29 is 21.6 Å². The van der Waals surface area contributed by atoms with Crippen molar-refractivity contribution in [3.8, 4) is 21.0 Å². The number of benzene rings is 2. The van der Waals surface area contributed by atoms with Crippen LogP contribution in [0.5, 0.6) is 0 Å². The van der Waals surface area contributed by atoms with Crippen LogP contribution in [0.3, 0.4) is 0 Å². The molecule has 2 fully saturated rings. The van der Waals surface area contributed by atoms with Crippen molar-refractivity contribution in [1.29, 1.82) is 0 Å². The monoisotopic (exact) mass is 553 g/mol. The van der Waals surface area contributed by atoms with Gasteiger partial charge in [-0.05, 0) is 60.8 Å². The van der Waals surface area contributed by atoms with E-state index in [0.717, 1.165) is 45.0 Å². The summed E-state index contributed by atoms with van der Waals surface area (Å²) >= 11 is 7.90. The van der Waals surface area contributed by atoms with E-state index in [-0.39, 0.29) is 18.4 Å². The van der Waals surface area contributed by atoms with Gasteiger partial charge in [-0.15, -0.1) is 11.3 Å². The number of fused-ring (bicyclic) bond motifs is 1. The van der Waals surface area contributed by atoms with Crippen molar-refractivity contribution in [2.24, 2.45) is 11.8 Å². The second kappa shape index (κ2) is 8.52. The zero-order valence-corrected chi connectivity index (χ0v) is 21.4. The Morgan fingerprint density at radius 2 is 1.83 bits per heavy atom. The number of nitrogens with zero attached hydrogens (tertiary/aromatic N) is 2. The molecule has 190 valence electrons. The van der Waals surface area contributed by atoms with Crippen LogP contribution in [0, 0.1) is 11.8 Å². The van der Waals surface area contributed by atoms with Crippen LogP contribution in [0.4, 0.5) is 13.2 Å². The number of halogens is 4. The molecule has 2 heterocycles. The van der Waals surface area contributed by atoms with Gasteiger partial charge in [-0.1, -0.05) is 41.9 Å². The normalized spacial score (nSPS) is 27.3. The third kappa shape index (κ3) is 4.16. The molecular formula is C25H23ClF3N3O2S2. The lowest BCUT2D eigenvalue weighted by molar-refractivity contribution is -0.136. The summed E-state index contributed by atoms with van der Waals surface area (Å²) in [5.41, 5.74) is 3.26. The molecule has 3 atom stereocenters. The van der Waals surface area contributed by atoms with E-state index in [1.165, 1.54) is 0 Å². The van der Waals surface area contributed by atoms with Crippen LogP contribution in [0.1, 0.15) is 24.0 Å². The van der Waals surface area contributed by atoms with E-state index >= 15 is 0 Å². The maximum absolute atomic E-state index is 13.1. The van der Waals surface area contributed by atoms with Gasteiger partial charge in [0.2, 0.25) is 0 Å². The molecule has 1 aliphatic heterocycles. The van der Waals surface area contributed by atoms with Crippen LogP contribution >= 0.6 is 22.9 Å². The lowest BCUT2D eigenvalue weighted by Crippen LogP contribution is -2.52. The van der Waals surface area contributed by atoms with Crippen molar-refractivity contribution >= 4 is 33.1 Å². The molecule has 1 spiro atoms. The van der Waals surface area contributed by atoms with Crippen molar-refractivity contribution in [2.75, 3.05) is 13.1 Å². The standard InChI is InChI=1S/C25H23ClF3N3O2S2/c26-21-4-2-1-3-20(21)22-12-30-23(35-22)16-6-5-15-10-18-7-8-19(11-17(15)9-16)24(18)13-32(14-25(27,28)29)36(33,34)31-24/h1-6,9,12,18-19,31H,7-8,10-11,13-14H2/t18-,19+,24-/m1/s1. The topological polar surface area (TPSA) is 62.3 Å². The summed E-state index contributed by atoms with van der Waals surface area (Å²) in [5.74, 6) is -0.115. The molecular weight excluding hydrogens is 531 g/mol. The third-order valence-corrected chi connectivity index (χ3v) is 10.8. The number of thiazole rings is 1. The van der Waals surface area contributed by atoms with Gasteiger partial charge in [0.25, 0.3) is 10.2 Å². The summed E-state index contributed by atoms with van der Waals surface area (Å²) in [6.45, 7) is -1.60. The summed E-state index contributed by atoms with van der Waals surface area (Å²) in [7, 11) is -4.19. The summed E-state index contributed by atoms with van der Waals surface area (Å²) in [6, 6.07) is 13.8. The lowest BCUT2D eigenvalue weighted by Gasteiger charge is -2.33. The highest BCUT2D eigenvalue weighted by atomic mass is 35.5. The molecule has 0 amide bonds. The Morgan fingerprint density at radius 3 is 2.56 bits per heavy atom. The van der Waals surface area contributed by atoms with Gasteiger partial charge in [0.1, 0.15) is 11.6 Å². The molecule has 1 saturated heterocycles. The van der Waals surface area contributed by atoms with Gasteiger partial charge in [0.05, 0.1) is 10.4 Å². The van der Waals surface area contributed by atoms with Crippen LogP contribution in [-0.2, 0) is 23.1 Å². The van der Waals surface area contributed by atoms with E-state index in [0.29, 0.717) is 22.2 Å². The van der Waals surface area contributed by atoms with Crippen molar-refractivity contribution in [1.82, 2.24) is 14.0 Å². The number of rotatable bonds is 3. The average molecular weight is 554 g/mol. The van der Waals surface area contributed by atoms with Crippen molar-refractivity contribution in [3.63, 3.8) is 0 Å². The molecule has 1 N–H and O–H groups in total. The molecule has 11 heteroatoms. The molecule has 36 heavy (non-hydrogen) atoms. The first-order valence-corrected chi connectivity index (χ1v) is 14.4. The summed E-state index contributed by atoms with van der Waals surface area (Å²) in [4.78, 5) is 5.58. The highest BCUT2D eigenvalue weighted by Gasteiger charge is 2.60. The molecule has 5 nitrogen and oxygen atoms in total. The van der Waals surface area contributed by atoms with E-state index in [1.807, 2.05) is 36.5 Å². The largest absolute Gasteiger partial charge is 0.402 e. The number of alkyl halides is 3. The van der Waals surface area contributed by atoms with Gasteiger partial charge in [-0.2, -0.15) is 30.6 Å². The first-order valence-electron chi connectivity index (χ1n) is 11.7. The van der Waals surface area contributed by atoms with Gasteiger partial charge < -0.3 is 0 Å². The molecule has 0 unspecified atom stereocenters. The highest BCUT2D eigenvalue weighted by Crippen LogP contribution is 2.51. The SMILES string of the molecule is O=S1(=O)N[C@]2(CN1CC(F)(F)F)[C@@H]1CC[C@H]2Cc2cc(-c3ncc(-c4ccccc4Cl)s3)ccc2C1. The van der Waals surface area contributed by atoms with E-state index in [2.05, 4.69) is 21.8 Å². The first kappa shape index (κ1) is 24.4. The third-order valence-electron chi connectivity index (χ3n) is 7.80. The van der Waals surface area contributed by atoms with E-state index in [4.69, 9.17) is 11.6 Å². The molecule has 2 bridgehead atoms. The minimum absolute atomic E-state index is 0.0469. The molecule has 6 rings (SSSR count). The van der Waals surface area contributed by atoms with Gasteiger partial charge >= 0.3 is 6.18 Å². The molecule has 2 aromatic carbocycles. The Balaban J connectivity index is 1.30. The Kier molecular flexibility index (Phi) is 5.77. The molecule has 2 aliphatic carbocycles. The summed E-state index contributed by atoms with van der Waals surface area (Å²) in [5, 5.41) is 1.52. The van der Waals surface area contributed by atoms with E-state index in [1.54, 1.807) is 11.3 Å². The predicted octanol–water partition coefficient (Wildman–Crippen LogP) is 5.71. The van der Waals surface area contributed by atoms with E-state index in [9.17, 15) is 21.6 Å². The molecule has 1 aromatic heterocycles. The lowest BCUT2D eigenvalue weighted by atomic mass is 9.79. The number of nitrogens with one attached hydrogen (secondary N) is 1. The van der Waals surface area contributed by atoms with Crippen LogP contribution in [-0.4, -0.2) is 42.5 Å². The maximum atomic E-state index is 13.1.